The van der Waals surface area contributed by atoms with Gasteiger partial charge in [-0.25, -0.2) is 0 Å². The van der Waals surface area contributed by atoms with Gasteiger partial charge in [-0.3, -0.25) is 9.11 Å². The molecule has 8 nitrogen and oxygen atoms in total. The Bertz CT molecular complexity index is 1000. The van der Waals surface area contributed by atoms with Gasteiger partial charge in [-0.2, -0.15) is 21.6 Å². The summed E-state index contributed by atoms with van der Waals surface area (Å²) in [6.45, 7) is 14.9. The molecule has 31 heavy (non-hydrogen) atoms. The highest BCUT2D eigenvalue weighted by atomic mass is 32.2. The molecule has 172 valence electrons. The van der Waals surface area contributed by atoms with Gasteiger partial charge in [-0.05, 0) is 46.2 Å². The molecular weight excluding hydrogens is 440 g/mol. The number of hydrogen-bond acceptors (Lipinski definition) is 4. The second-order valence-electron chi connectivity index (χ2n) is 8.64. The number of nitrogens with zero attached hydrogens (tertiary/aromatic N) is 2. The van der Waals surface area contributed by atoms with E-state index in [4.69, 9.17) is 14.6 Å². The minimum atomic E-state index is -4.07. The van der Waals surface area contributed by atoms with E-state index in [1.807, 2.05) is 41.5 Å². The summed E-state index contributed by atoms with van der Waals surface area (Å²) in [6.07, 6.45) is 0. The molecule has 0 spiro atoms. The summed E-state index contributed by atoms with van der Waals surface area (Å²) < 4.78 is 60.5. The van der Waals surface area contributed by atoms with E-state index in [-0.39, 0.29) is 20.6 Å². The fraction of sp³-hybridized carbons (Fsp3) is 0.381. The van der Waals surface area contributed by atoms with Crippen LogP contribution in [0.2, 0.25) is 0 Å². The normalized spacial score (nSPS) is 11.9. The first kappa shape index (κ1) is 28.6. The van der Waals surface area contributed by atoms with Gasteiger partial charge in [0.15, 0.2) is 0 Å². The molecular formula is C21H30N2O6S2. The highest BCUT2D eigenvalue weighted by molar-refractivity contribution is 7.86. The zero-order valence-corrected chi connectivity index (χ0v) is 20.2. The maximum absolute atomic E-state index is 10.7. The van der Waals surface area contributed by atoms with Crippen LogP contribution >= 0.6 is 0 Å². The zero-order valence-electron chi connectivity index (χ0n) is 18.6. The highest BCUT2D eigenvalue weighted by Crippen LogP contribution is 2.24. The van der Waals surface area contributed by atoms with Gasteiger partial charge < -0.3 is 5.53 Å². The van der Waals surface area contributed by atoms with Gasteiger partial charge >= 0.3 is 0 Å². The molecule has 0 fully saturated rings. The first-order valence-corrected chi connectivity index (χ1v) is 12.0. The van der Waals surface area contributed by atoms with Gasteiger partial charge in [-0.1, -0.05) is 65.8 Å². The molecule has 0 radical (unpaired) electrons. The molecule has 0 aliphatic rings. The summed E-state index contributed by atoms with van der Waals surface area (Å²) in [5.74, 6) is 0. The molecule has 0 saturated carbocycles. The predicted octanol–water partition coefficient (Wildman–Crippen LogP) is 4.38. The van der Waals surface area contributed by atoms with Crippen LogP contribution in [0.15, 0.2) is 58.3 Å². The van der Waals surface area contributed by atoms with Crippen molar-refractivity contribution in [3.63, 3.8) is 0 Å². The quantitative estimate of drug-likeness (QED) is 0.288. The lowest BCUT2D eigenvalue weighted by atomic mass is 9.87. The van der Waals surface area contributed by atoms with E-state index in [1.54, 1.807) is 24.3 Å². The third kappa shape index (κ3) is 10.5. The van der Waals surface area contributed by atoms with Crippen LogP contribution in [0.5, 0.6) is 0 Å². The zero-order chi connectivity index (χ0) is 24.7. The Morgan fingerprint density at radius 3 is 1.00 bits per heavy atom. The lowest BCUT2D eigenvalue weighted by Gasteiger charge is -2.18. The monoisotopic (exact) mass is 470 g/mol. The number of hydrogen-bond donors (Lipinski definition) is 2. The molecule has 0 aliphatic heterocycles. The molecule has 2 aromatic carbocycles. The molecule has 0 heterocycles. The Balaban J connectivity index is 0.000000516. The average molecular weight is 471 g/mol. The van der Waals surface area contributed by atoms with Crippen LogP contribution in [0.1, 0.15) is 52.7 Å². The Morgan fingerprint density at radius 2 is 0.871 bits per heavy atom. The maximum Gasteiger partial charge on any atom is 0.294 e. The number of rotatable bonds is 2. The lowest BCUT2D eigenvalue weighted by molar-refractivity contribution is 0.0110. The number of benzene rings is 2. The fourth-order valence-electron chi connectivity index (χ4n) is 2.25. The Labute approximate surface area is 185 Å². The maximum atomic E-state index is 10.7. The van der Waals surface area contributed by atoms with Crippen molar-refractivity contribution < 1.29 is 30.7 Å². The molecule has 2 aromatic rings. The largest absolute Gasteiger partial charge is 0.362 e. The van der Waals surface area contributed by atoms with Crippen LogP contribution in [0, 0.1) is 0 Å². The molecule has 0 aromatic heterocycles. The minimum Gasteiger partial charge on any atom is -0.362 e. The van der Waals surface area contributed by atoms with Crippen molar-refractivity contribution in [3.8, 4) is 0 Å². The highest BCUT2D eigenvalue weighted by Gasteiger charge is 2.16. The molecule has 10 heteroatoms. The van der Waals surface area contributed by atoms with E-state index < -0.39 is 20.2 Å². The summed E-state index contributed by atoms with van der Waals surface area (Å²) in [5.41, 5.74) is 9.12. The van der Waals surface area contributed by atoms with Gasteiger partial charge in [0.05, 0.1) is 9.79 Å². The summed E-state index contributed by atoms with van der Waals surface area (Å²) in [5, 5.41) is 0. The molecule has 0 unspecified atom stereocenters. The Morgan fingerprint density at radius 1 is 0.677 bits per heavy atom. The summed E-state index contributed by atoms with van der Waals surface area (Å²) in [6, 6.07) is 12.5. The third-order valence-electron chi connectivity index (χ3n) is 4.04. The predicted molar refractivity (Wildman–Crippen MR) is 121 cm³/mol. The average Bonchev–Trinajstić information content (AvgIpc) is 2.60. The van der Waals surface area contributed by atoms with Crippen LogP contribution in [0.25, 0.3) is 5.53 Å². The van der Waals surface area contributed by atoms with Crippen LogP contribution in [0.4, 0.5) is 0 Å². The van der Waals surface area contributed by atoms with Crippen molar-refractivity contribution >= 4 is 27.0 Å². The van der Waals surface area contributed by atoms with Crippen molar-refractivity contribution in [2.75, 3.05) is 0 Å². The van der Waals surface area contributed by atoms with Crippen LogP contribution in [-0.2, 0) is 31.1 Å². The van der Waals surface area contributed by atoms with Gasteiger partial charge in [-0.15, -0.1) is 0 Å². The Hall–Kier alpha value is -2.36. The second-order valence-corrected chi connectivity index (χ2v) is 11.5. The standard InChI is InChI=1S/2C10H14O3S.CH2N2/c2*1-10(2,3)8-4-6-9(7-5-8)14(11,12)13;1-3-2/h2*4-7H,1-3H3,(H,11,12,13);1H2. The van der Waals surface area contributed by atoms with E-state index in [1.165, 1.54) is 24.3 Å². The fourth-order valence-corrected chi connectivity index (χ4v) is 3.21. The first-order chi connectivity index (χ1) is 13.8. The summed E-state index contributed by atoms with van der Waals surface area (Å²) in [7, 11) is -8.13. The van der Waals surface area contributed by atoms with Gasteiger partial charge in [0.25, 0.3) is 20.2 Å². The molecule has 2 rings (SSSR count). The summed E-state index contributed by atoms with van der Waals surface area (Å²) in [4.78, 5) is 2.12. The third-order valence-corrected chi connectivity index (χ3v) is 5.77. The van der Waals surface area contributed by atoms with E-state index in [2.05, 4.69) is 11.5 Å². The van der Waals surface area contributed by atoms with Gasteiger partial charge in [0.2, 0.25) is 6.72 Å². The molecule has 0 atom stereocenters. The van der Waals surface area contributed by atoms with Crippen molar-refractivity contribution in [1.29, 1.82) is 0 Å². The Kier molecular flexibility index (Phi) is 9.97. The van der Waals surface area contributed by atoms with E-state index >= 15 is 0 Å². The second kappa shape index (κ2) is 10.8. The van der Waals surface area contributed by atoms with Crippen molar-refractivity contribution in [1.82, 2.24) is 0 Å². The molecule has 0 aliphatic carbocycles. The first-order valence-electron chi connectivity index (χ1n) is 9.10. The van der Waals surface area contributed by atoms with Crippen molar-refractivity contribution in [2.45, 2.75) is 62.2 Å². The van der Waals surface area contributed by atoms with E-state index in [0.29, 0.717) is 0 Å². The topological polar surface area (TPSA) is 145 Å². The van der Waals surface area contributed by atoms with Gasteiger partial charge in [0, 0.05) is 0 Å². The van der Waals surface area contributed by atoms with E-state index in [9.17, 15) is 16.8 Å². The smallest absolute Gasteiger partial charge is 0.294 e. The van der Waals surface area contributed by atoms with Crippen molar-refractivity contribution in [2.24, 2.45) is 0 Å². The van der Waals surface area contributed by atoms with Crippen LogP contribution in [-0.4, -0.2) is 37.4 Å². The minimum absolute atomic E-state index is 0.0161. The molecule has 2 N–H and O–H groups in total. The van der Waals surface area contributed by atoms with Gasteiger partial charge in [0.1, 0.15) is 0 Å². The molecule has 0 amide bonds. The molecule has 0 bridgehead atoms. The van der Waals surface area contributed by atoms with Crippen LogP contribution < -0.4 is 0 Å². The van der Waals surface area contributed by atoms with E-state index in [0.717, 1.165) is 11.1 Å². The lowest BCUT2D eigenvalue weighted by Crippen LogP contribution is -2.11. The SMILES string of the molecule is C=[N+]=[N-].CC(C)(C)c1ccc(S(=O)(=O)O)cc1.CC(C)(C)c1ccc(S(=O)(=O)O)cc1. The van der Waals surface area contributed by atoms with Crippen molar-refractivity contribution in [3.05, 3.63) is 65.2 Å². The summed E-state index contributed by atoms with van der Waals surface area (Å²) >= 11 is 0. The molecule has 0 saturated heterocycles. The van der Waals surface area contributed by atoms with Crippen LogP contribution in [0.3, 0.4) is 0 Å².